The van der Waals surface area contributed by atoms with Gasteiger partial charge in [0.1, 0.15) is 5.82 Å². The summed E-state index contributed by atoms with van der Waals surface area (Å²) in [5.41, 5.74) is 1.81. The van der Waals surface area contributed by atoms with Crippen LogP contribution in [0.4, 0.5) is 4.39 Å². The molecule has 0 saturated heterocycles. The van der Waals surface area contributed by atoms with E-state index < -0.39 is 17.9 Å². The van der Waals surface area contributed by atoms with Crippen LogP contribution in [0.15, 0.2) is 56.1 Å². The molecule has 10 heteroatoms. The summed E-state index contributed by atoms with van der Waals surface area (Å²) in [5.74, 6) is 3.92. The Morgan fingerprint density at radius 1 is 1.26 bits per heavy atom. The minimum atomic E-state index is -1.51. The normalized spacial score (nSPS) is 12.2. The SMILES string of the molecule is Cc1oc(=O)oc1COC(=O)C(O)CN(N)Cc1ccc(-c2cc(Cl)ccc2F)cc1. The van der Waals surface area contributed by atoms with E-state index in [-0.39, 0.29) is 37.0 Å². The van der Waals surface area contributed by atoms with Gasteiger partial charge in [0.25, 0.3) is 0 Å². The quantitative estimate of drug-likeness (QED) is 0.305. The Morgan fingerprint density at radius 3 is 2.61 bits per heavy atom. The summed E-state index contributed by atoms with van der Waals surface area (Å²) in [4.78, 5) is 22.9. The lowest BCUT2D eigenvalue weighted by Gasteiger charge is -2.19. The van der Waals surface area contributed by atoms with Crippen molar-refractivity contribution in [1.29, 1.82) is 0 Å². The first-order chi connectivity index (χ1) is 14.7. The lowest BCUT2D eigenvalue weighted by atomic mass is 10.0. The number of nitrogens with zero attached hydrogens (tertiary/aromatic N) is 1. The van der Waals surface area contributed by atoms with Crippen LogP contribution in [0.1, 0.15) is 17.1 Å². The van der Waals surface area contributed by atoms with Gasteiger partial charge in [-0.15, -0.1) is 0 Å². The fraction of sp³-hybridized carbons (Fsp3) is 0.238. The zero-order chi connectivity index (χ0) is 22.5. The van der Waals surface area contributed by atoms with Crippen molar-refractivity contribution in [1.82, 2.24) is 5.01 Å². The van der Waals surface area contributed by atoms with Gasteiger partial charge >= 0.3 is 11.8 Å². The van der Waals surface area contributed by atoms with E-state index in [0.29, 0.717) is 16.1 Å². The molecule has 1 atom stereocenters. The molecular weight excluding hydrogens is 431 g/mol. The van der Waals surface area contributed by atoms with E-state index in [9.17, 15) is 19.1 Å². The number of esters is 1. The number of hydrazine groups is 1. The lowest BCUT2D eigenvalue weighted by molar-refractivity contribution is -0.156. The molecular formula is C21H20ClFN2O6. The topological polar surface area (TPSA) is 119 Å². The first kappa shape index (κ1) is 22.7. The third kappa shape index (κ3) is 6.02. The minimum absolute atomic E-state index is 0.0615. The van der Waals surface area contributed by atoms with Gasteiger partial charge in [-0.3, -0.25) is 5.84 Å². The van der Waals surface area contributed by atoms with E-state index in [4.69, 9.17) is 26.6 Å². The van der Waals surface area contributed by atoms with Crippen LogP contribution in [0.25, 0.3) is 11.1 Å². The third-order valence-electron chi connectivity index (χ3n) is 4.44. The summed E-state index contributed by atoms with van der Waals surface area (Å²) in [6.07, 6.45) is -1.51. The molecule has 1 heterocycles. The molecule has 164 valence electrons. The molecule has 1 aromatic heterocycles. The van der Waals surface area contributed by atoms with Crippen LogP contribution in [0.3, 0.4) is 0 Å². The maximum atomic E-state index is 14.0. The number of aryl methyl sites for hydroxylation is 1. The number of aliphatic hydroxyl groups is 1. The maximum absolute atomic E-state index is 14.0. The van der Waals surface area contributed by atoms with Gasteiger partial charge in [0.2, 0.25) is 0 Å². The van der Waals surface area contributed by atoms with Gasteiger partial charge < -0.3 is 18.7 Å². The van der Waals surface area contributed by atoms with Crippen LogP contribution in [0.2, 0.25) is 5.02 Å². The highest BCUT2D eigenvalue weighted by molar-refractivity contribution is 6.30. The van der Waals surface area contributed by atoms with Crippen molar-refractivity contribution in [3.05, 3.63) is 81.0 Å². The molecule has 31 heavy (non-hydrogen) atoms. The van der Waals surface area contributed by atoms with E-state index in [1.165, 1.54) is 24.1 Å². The Morgan fingerprint density at radius 2 is 1.97 bits per heavy atom. The zero-order valence-electron chi connectivity index (χ0n) is 16.5. The molecule has 0 aliphatic carbocycles. The van der Waals surface area contributed by atoms with E-state index >= 15 is 0 Å². The summed E-state index contributed by atoms with van der Waals surface area (Å²) in [5, 5.41) is 11.7. The molecule has 0 spiro atoms. The molecule has 0 bridgehead atoms. The van der Waals surface area contributed by atoms with Crippen LogP contribution in [0, 0.1) is 12.7 Å². The highest BCUT2D eigenvalue weighted by atomic mass is 35.5. The van der Waals surface area contributed by atoms with Crippen molar-refractivity contribution in [2.75, 3.05) is 6.54 Å². The van der Waals surface area contributed by atoms with Crippen LogP contribution >= 0.6 is 11.6 Å². The Bertz CT molecular complexity index is 1110. The van der Waals surface area contributed by atoms with Crippen molar-refractivity contribution >= 4 is 17.6 Å². The number of carbonyl (C=O) groups is 1. The molecule has 0 amide bonds. The van der Waals surface area contributed by atoms with Gasteiger partial charge in [-0.05, 0) is 36.2 Å². The number of benzene rings is 2. The van der Waals surface area contributed by atoms with Crippen molar-refractivity contribution in [2.24, 2.45) is 5.84 Å². The minimum Gasteiger partial charge on any atom is -0.455 e. The molecule has 0 aliphatic rings. The standard InChI is InChI=1S/C21H20ClFN2O6/c1-12-19(31-21(28)30-12)11-29-20(27)18(26)10-25(24)9-13-2-4-14(5-3-13)16-8-15(22)6-7-17(16)23/h2-8,18,26H,9-11,24H2,1H3. The molecule has 3 aromatic rings. The highest BCUT2D eigenvalue weighted by Gasteiger charge is 2.21. The number of hydrogen-bond donors (Lipinski definition) is 2. The Labute approximate surface area is 181 Å². The molecule has 0 saturated carbocycles. The number of rotatable bonds is 8. The predicted molar refractivity (Wildman–Crippen MR) is 109 cm³/mol. The van der Waals surface area contributed by atoms with Crippen molar-refractivity contribution in [3.8, 4) is 11.1 Å². The molecule has 3 N–H and O–H groups in total. The van der Waals surface area contributed by atoms with Gasteiger partial charge in [-0.1, -0.05) is 35.9 Å². The van der Waals surface area contributed by atoms with Gasteiger partial charge in [0.05, 0.1) is 6.54 Å². The first-order valence-electron chi connectivity index (χ1n) is 9.21. The van der Waals surface area contributed by atoms with Gasteiger partial charge in [-0.25, -0.2) is 19.0 Å². The summed E-state index contributed by atoms with van der Waals surface area (Å²) in [7, 11) is 0. The molecule has 2 aromatic carbocycles. The Hall–Kier alpha value is -2.98. The average Bonchev–Trinajstić information content (AvgIpc) is 3.05. The van der Waals surface area contributed by atoms with E-state index in [1.54, 1.807) is 30.3 Å². The largest absolute Gasteiger partial charge is 0.519 e. The first-order valence-corrected chi connectivity index (χ1v) is 9.59. The monoisotopic (exact) mass is 450 g/mol. The average molecular weight is 451 g/mol. The molecule has 8 nitrogen and oxygen atoms in total. The fourth-order valence-corrected chi connectivity index (χ4v) is 3.02. The maximum Gasteiger partial charge on any atom is 0.519 e. The Balaban J connectivity index is 1.53. The van der Waals surface area contributed by atoms with E-state index in [2.05, 4.69) is 4.42 Å². The summed E-state index contributed by atoms with van der Waals surface area (Å²) < 4.78 is 28.3. The van der Waals surface area contributed by atoms with Gasteiger partial charge in [-0.2, -0.15) is 0 Å². The third-order valence-corrected chi connectivity index (χ3v) is 4.67. The van der Waals surface area contributed by atoms with Gasteiger partial charge in [0.15, 0.2) is 24.2 Å². The number of ether oxygens (including phenoxy) is 1. The molecule has 3 rings (SSSR count). The van der Waals surface area contributed by atoms with Crippen LogP contribution in [0.5, 0.6) is 0 Å². The Kier molecular flexibility index (Phi) is 7.24. The van der Waals surface area contributed by atoms with Gasteiger partial charge in [0, 0.05) is 17.1 Å². The number of carbonyl (C=O) groups excluding carboxylic acids is 1. The zero-order valence-corrected chi connectivity index (χ0v) is 17.3. The second-order valence-electron chi connectivity index (χ2n) is 6.81. The molecule has 0 radical (unpaired) electrons. The number of aliphatic hydroxyl groups excluding tert-OH is 1. The van der Waals surface area contributed by atoms with Crippen LogP contribution in [-0.2, 0) is 22.7 Å². The lowest BCUT2D eigenvalue weighted by Crippen LogP contribution is -2.41. The number of nitrogens with two attached hydrogens (primary N) is 1. The van der Waals surface area contributed by atoms with Crippen molar-refractivity contribution in [2.45, 2.75) is 26.2 Å². The smallest absolute Gasteiger partial charge is 0.455 e. The number of halogens is 2. The van der Waals surface area contributed by atoms with E-state index in [1.807, 2.05) is 0 Å². The highest BCUT2D eigenvalue weighted by Crippen LogP contribution is 2.26. The summed E-state index contributed by atoms with van der Waals surface area (Å²) in [6, 6.07) is 11.3. The predicted octanol–water partition coefficient (Wildman–Crippen LogP) is 2.78. The van der Waals surface area contributed by atoms with E-state index in [0.717, 1.165) is 5.56 Å². The van der Waals surface area contributed by atoms with Crippen molar-refractivity contribution in [3.63, 3.8) is 0 Å². The van der Waals surface area contributed by atoms with Crippen LogP contribution < -0.4 is 11.7 Å². The molecule has 1 unspecified atom stereocenters. The number of hydrogen-bond acceptors (Lipinski definition) is 8. The summed E-state index contributed by atoms with van der Waals surface area (Å²) >= 11 is 5.93. The molecule has 0 fully saturated rings. The molecule has 0 aliphatic heterocycles. The second kappa shape index (κ2) is 9.88. The fourth-order valence-electron chi connectivity index (χ4n) is 2.84. The summed E-state index contributed by atoms with van der Waals surface area (Å²) in [6.45, 7) is 1.16. The second-order valence-corrected chi connectivity index (χ2v) is 7.24. The van der Waals surface area contributed by atoms with Crippen LogP contribution in [-0.4, -0.2) is 28.7 Å². The van der Waals surface area contributed by atoms with Crippen molar-refractivity contribution < 1.29 is 27.9 Å².